The lowest BCUT2D eigenvalue weighted by Crippen LogP contribution is -1.89. The Labute approximate surface area is 147 Å². The molecule has 1 N–H and O–H groups in total. The van der Waals surface area contributed by atoms with E-state index in [1.54, 1.807) is 0 Å². The summed E-state index contributed by atoms with van der Waals surface area (Å²) in [4.78, 5) is 12.5. The van der Waals surface area contributed by atoms with E-state index in [-0.39, 0.29) is 0 Å². The van der Waals surface area contributed by atoms with E-state index in [9.17, 15) is 0 Å². The van der Waals surface area contributed by atoms with Crippen molar-refractivity contribution >= 4 is 10.9 Å². The number of hydrogen-bond acceptors (Lipinski definition) is 2. The summed E-state index contributed by atoms with van der Waals surface area (Å²) in [5.41, 5.74) is 10.2. The Bertz CT molecular complexity index is 1050. The van der Waals surface area contributed by atoms with Crippen molar-refractivity contribution in [3.05, 3.63) is 71.3 Å². The number of aromatic nitrogens is 3. The molecule has 3 heteroatoms. The van der Waals surface area contributed by atoms with Gasteiger partial charge in [0.05, 0.1) is 0 Å². The predicted molar refractivity (Wildman–Crippen MR) is 104 cm³/mol. The van der Waals surface area contributed by atoms with Crippen LogP contribution < -0.4 is 0 Å². The summed E-state index contributed by atoms with van der Waals surface area (Å²) < 4.78 is 0. The molecule has 0 aliphatic carbocycles. The van der Waals surface area contributed by atoms with Gasteiger partial charge in [0.1, 0.15) is 0 Å². The maximum absolute atomic E-state index is 4.48. The molecule has 0 fully saturated rings. The van der Waals surface area contributed by atoms with E-state index >= 15 is 0 Å². The van der Waals surface area contributed by atoms with Gasteiger partial charge in [0, 0.05) is 51.0 Å². The van der Waals surface area contributed by atoms with Crippen molar-refractivity contribution in [3.8, 4) is 22.4 Å². The molecule has 0 amide bonds. The molecule has 0 bridgehead atoms. The van der Waals surface area contributed by atoms with Crippen LogP contribution in [0.2, 0.25) is 0 Å². The smallest absolute Gasteiger partial charge is 0.0495 e. The zero-order valence-corrected chi connectivity index (χ0v) is 15.0. The lowest BCUT2D eigenvalue weighted by molar-refractivity contribution is 1.12. The Morgan fingerprint density at radius 1 is 0.720 bits per heavy atom. The van der Waals surface area contributed by atoms with Crippen LogP contribution in [0.5, 0.6) is 0 Å². The summed E-state index contributed by atoms with van der Waals surface area (Å²) in [6.07, 6.45) is 1.93. The third kappa shape index (κ3) is 2.82. The van der Waals surface area contributed by atoms with Crippen LogP contribution in [0.15, 0.2) is 48.7 Å². The Morgan fingerprint density at radius 2 is 1.44 bits per heavy atom. The van der Waals surface area contributed by atoms with Gasteiger partial charge in [-0.1, -0.05) is 18.2 Å². The third-order valence-electron chi connectivity index (χ3n) is 4.67. The highest BCUT2D eigenvalue weighted by molar-refractivity contribution is 5.93. The Morgan fingerprint density at radius 3 is 2.12 bits per heavy atom. The van der Waals surface area contributed by atoms with Crippen LogP contribution in [0.1, 0.15) is 22.6 Å². The van der Waals surface area contributed by atoms with Crippen LogP contribution >= 0.6 is 0 Å². The summed E-state index contributed by atoms with van der Waals surface area (Å²) in [6.45, 7) is 8.26. The first kappa shape index (κ1) is 15.6. The van der Waals surface area contributed by atoms with E-state index in [0.29, 0.717) is 0 Å². The summed E-state index contributed by atoms with van der Waals surface area (Å²) >= 11 is 0. The molecule has 0 spiro atoms. The summed E-state index contributed by atoms with van der Waals surface area (Å²) in [5.74, 6) is 0. The highest BCUT2D eigenvalue weighted by Gasteiger charge is 2.11. The van der Waals surface area contributed by atoms with E-state index in [1.807, 2.05) is 33.0 Å². The molecule has 3 nitrogen and oxygen atoms in total. The van der Waals surface area contributed by atoms with Gasteiger partial charge in [0.15, 0.2) is 0 Å². The first-order valence-corrected chi connectivity index (χ1v) is 8.52. The number of nitrogens with zero attached hydrogens (tertiary/aromatic N) is 2. The van der Waals surface area contributed by atoms with Gasteiger partial charge in [-0.2, -0.15) is 0 Å². The fourth-order valence-electron chi connectivity index (χ4n) is 3.42. The van der Waals surface area contributed by atoms with Crippen molar-refractivity contribution in [2.24, 2.45) is 0 Å². The Kier molecular flexibility index (Phi) is 3.65. The molecule has 0 atom stereocenters. The number of benzene rings is 1. The van der Waals surface area contributed by atoms with Crippen molar-refractivity contribution in [3.63, 3.8) is 0 Å². The van der Waals surface area contributed by atoms with E-state index in [2.05, 4.69) is 58.3 Å². The predicted octanol–water partition coefficient (Wildman–Crippen LogP) is 5.53. The second-order valence-corrected chi connectivity index (χ2v) is 6.71. The standard InChI is InChI=1S/C22H21N3/c1-13-5-6-18(12-23-13)17-7-8-20-16(4)22(25-21(20)11-17)19-9-14(2)24-15(3)10-19/h5-12,25H,1-4H3. The fourth-order valence-corrected chi connectivity index (χ4v) is 3.42. The zero-order valence-electron chi connectivity index (χ0n) is 15.0. The van der Waals surface area contributed by atoms with Crippen LogP contribution in [-0.2, 0) is 0 Å². The number of nitrogens with one attached hydrogen (secondary N) is 1. The van der Waals surface area contributed by atoms with Gasteiger partial charge in [-0.25, -0.2) is 0 Å². The molecule has 0 saturated carbocycles. The highest BCUT2D eigenvalue weighted by Crippen LogP contribution is 2.32. The lowest BCUT2D eigenvalue weighted by atomic mass is 10.0. The van der Waals surface area contributed by atoms with E-state index in [4.69, 9.17) is 0 Å². The van der Waals surface area contributed by atoms with Crippen molar-refractivity contribution in [1.82, 2.24) is 15.0 Å². The maximum atomic E-state index is 4.48. The number of aryl methyl sites for hydroxylation is 4. The van der Waals surface area contributed by atoms with Gasteiger partial charge >= 0.3 is 0 Å². The van der Waals surface area contributed by atoms with Crippen molar-refractivity contribution < 1.29 is 0 Å². The van der Waals surface area contributed by atoms with E-state index in [0.717, 1.165) is 28.2 Å². The monoisotopic (exact) mass is 327 g/mol. The van der Waals surface area contributed by atoms with Crippen LogP contribution in [0, 0.1) is 27.7 Å². The van der Waals surface area contributed by atoms with Gasteiger partial charge in [0.2, 0.25) is 0 Å². The molecule has 0 aliphatic rings. The normalized spacial score (nSPS) is 11.2. The molecule has 0 unspecified atom stereocenters. The second-order valence-electron chi connectivity index (χ2n) is 6.71. The lowest BCUT2D eigenvalue weighted by Gasteiger charge is -2.04. The molecule has 4 rings (SSSR count). The molecular weight excluding hydrogens is 306 g/mol. The molecule has 0 radical (unpaired) electrons. The number of fused-ring (bicyclic) bond motifs is 1. The highest BCUT2D eigenvalue weighted by atomic mass is 14.7. The minimum atomic E-state index is 1.03. The average molecular weight is 327 g/mol. The van der Waals surface area contributed by atoms with Gasteiger partial charge in [-0.05, 0) is 63.1 Å². The second kappa shape index (κ2) is 5.85. The molecular formula is C22H21N3. The summed E-state index contributed by atoms with van der Waals surface area (Å²) in [5, 5.41) is 1.26. The molecule has 3 heterocycles. The topological polar surface area (TPSA) is 41.6 Å². The SMILES string of the molecule is Cc1ccc(-c2ccc3c(C)c(-c4cc(C)nc(C)c4)[nH]c3c2)cn1. The van der Waals surface area contributed by atoms with Crippen LogP contribution in [-0.4, -0.2) is 15.0 Å². The summed E-state index contributed by atoms with van der Waals surface area (Å²) in [6, 6.07) is 15.0. The first-order valence-electron chi connectivity index (χ1n) is 8.52. The van der Waals surface area contributed by atoms with E-state index < -0.39 is 0 Å². The molecule has 4 aromatic rings. The average Bonchev–Trinajstić information content (AvgIpc) is 2.91. The molecule has 0 saturated heterocycles. The zero-order chi connectivity index (χ0) is 17.6. The van der Waals surface area contributed by atoms with Crippen molar-refractivity contribution in [1.29, 1.82) is 0 Å². The molecule has 1 aromatic carbocycles. The number of H-pyrrole nitrogens is 1. The largest absolute Gasteiger partial charge is 0.354 e. The molecule has 124 valence electrons. The number of aromatic amines is 1. The number of rotatable bonds is 2. The van der Waals surface area contributed by atoms with Crippen LogP contribution in [0.4, 0.5) is 0 Å². The Hall–Kier alpha value is -2.94. The van der Waals surface area contributed by atoms with Crippen molar-refractivity contribution in [2.45, 2.75) is 27.7 Å². The van der Waals surface area contributed by atoms with Crippen LogP contribution in [0.3, 0.4) is 0 Å². The molecule has 3 aromatic heterocycles. The quantitative estimate of drug-likeness (QED) is 0.526. The molecule has 0 aliphatic heterocycles. The van der Waals surface area contributed by atoms with Crippen LogP contribution in [0.25, 0.3) is 33.3 Å². The third-order valence-corrected chi connectivity index (χ3v) is 4.67. The van der Waals surface area contributed by atoms with Gasteiger partial charge in [-0.15, -0.1) is 0 Å². The first-order chi connectivity index (χ1) is 12.0. The van der Waals surface area contributed by atoms with Gasteiger partial charge < -0.3 is 4.98 Å². The minimum absolute atomic E-state index is 1.03. The minimum Gasteiger partial charge on any atom is -0.354 e. The van der Waals surface area contributed by atoms with Crippen molar-refractivity contribution in [2.75, 3.05) is 0 Å². The summed E-state index contributed by atoms with van der Waals surface area (Å²) in [7, 11) is 0. The maximum Gasteiger partial charge on any atom is 0.0495 e. The fraction of sp³-hybridized carbons (Fsp3) is 0.182. The van der Waals surface area contributed by atoms with Gasteiger partial charge in [0.25, 0.3) is 0 Å². The number of hydrogen-bond donors (Lipinski definition) is 1. The van der Waals surface area contributed by atoms with Gasteiger partial charge in [-0.3, -0.25) is 9.97 Å². The Balaban J connectivity index is 1.85. The number of pyridine rings is 2. The molecule has 25 heavy (non-hydrogen) atoms. The van der Waals surface area contributed by atoms with E-state index in [1.165, 1.54) is 27.8 Å².